The van der Waals surface area contributed by atoms with Gasteiger partial charge < -0.3 is 20.1 Å². The number of aliphatic hydroxyl groups is 1. The fourth-order valence-electron chi connectivity index (χ4n) is 3.49. The lowest BCUT2D eigenvalue weighted by atomic mass is 9.94. The summed E-state index contributed by atoms with van der Waals surface area (Å²) in [6.07, 6.45) is 8.71. The standard InChI is InChI=1S/C17H34N2O2/c1-17(14-20,18-16-7-8-16)9-3-4-10-19-11-5-6-15(12-19)13-21-2/h15-16,18,20H,3-14H2,1-2H3. The Bertz CT molecular complexity index is 295. The first-order chi connectivity index (χ1) is 10.1. The minimum atomic E-state index is -0.0678. The van der Waals surface area contributed by atoms with E-state index in [1.807, 2.05) is 7.11 Å². The number of ether oxygens (including phenoxy) is 1. The second-order valence-corrected chi connectivity index (χ2v) is 7.36. The topological polar surface area (TPSA) is 44.7 Å². The van der Waals surface area contributed by atoms with Crippen LogP contribution >= 0.6 is 0 Å². The molecule has 4 nitrogen and oxygen atoms in total. The van der Waals surface area contributed by atoms with Crippen LogP contribution in [0, 0.1) is 5.92 Å². The molecule has 1 saturated heterocycles. The lowest BCUT2D eigenvalue weighted by Crippen LogP contribution is -2.47. The Hall–Kier alpha value is -0.160. The maximum absolute atomic E-state index is 9.62. The van der Waals surface area contributed by atoms with Gasteiger partial charge in [-0.1, -0.05) is 6.42 Å². The van der Waals surface area contributed by atoms with Crippen molar-refractivity contribution in [3.05, 3.63) is 0 Å². The molecule has 1 aliphatic heterocycles. The summed E-state index contributed by atoms with van der Waals surface area (Å²) < 4.78 is 5.29. The molecule has 0 aromatic carbocycles. The summed E-state index contributed by atoms with van der Waals surface area (Å²) in [5.74, 6) is 0.725. The Morgan fingerprint density at radius 2 is 2.10 bits per heavy atom. The molecule has 2 unspecified atom stereocenters. The molecule has 0 bridgehead atoms. The predicted octanol–water partition coefficient (Wildman–Crippen LogP) is 2.02. The summed E-state index contributed by atoms with van der Waals surface area (Å²) in [5.41, 5.74) is -0.0678. The van der Waals surface area contributed by atoms with Gasteiger partial charge in [0.1, 0.15) is 0 Å². The Balaban J connectivity index is 1.59. The third kappa shape index (κ3) is 6.23. The number of hydrogen-bond donors (Lipinski definition) is 2. The van der Waals surface area contributed by atoms with Crippen LogP contribution in [-0.2, 0) is 4.74 Å². The Morgan fingerprint density at radius 3 is 2.76 bits per heavy atom. The molecule has 0 aromatic heterocycles. The molecule has 2 fully saturated rings. The van der Waals surface area contributed by atoms with E-state index in [1.165, 1.54) is 58.2 Å². The van der Waals surface area contributed by atoms with E-state index < -0.39 is 0 Å². The molecule has 0 aromatic rings. The van der Waals surface area contributed by atoms with Crippen LogP contribution < -0.4 is 5.32 Å². The van der Waals surface area contributed by atoms with Crippen molar-refractivity contribution in [1.82, 2.24) is 10.2 Å². The Morgan fingerprint density at radius 1 is 1.29 bits per heavy atom. The molecule has 4 heteroatoms. The third-order valence-corrected chi connectivity index (χ3v) is 4.94. The van der Waals surface area contributed by atoms with Gasteiger partial charge >= 0.3 is 0 Å². The van der Waals surface area contributed by atoms with Crippen molar-refractivity contribution in [2.24, 2.45) is 5.92 Å². The monoisotopic (exact) mass is 298 g/mol. The molecule has 1 saturated carbocycles. The largest absolute Gasteiger partial charge is 0.394 e. The SMILES string of the molecule is COCC1CCCN(CCCCC(C)(CO)NC2CC2)C1. The number of likely N-dealkylation sites (tertiary alicyclic amines) is 1. The van der Waals surface area contributed by atoms with E-state index in [-0.39, 0.29) is 12.1 Å². The van der Waals surface area contributed by atoms with Crippen LogP contribution in [0.15, 0.2) is 0 Å². The van der Waals surface area contributed by atoms with Crippen molar-refractivity contribution in [1.29, 1.82) is 0 Å². The summed E-state index contributed by atoms with van der Waals surface area (Å²) >= 11 is 0. The van der Waals surface area contributed by atoms with E-state index >= 15 is 0 Å². The van der Waals surface area contributed by atoms with Crippen molar-refractivity contribution in [2.45, 2.75) is 63.5 Å². The van der Waals surface area contributed by atoms with Crippen LogP contribution in [0.3, 0.4) is 0 Å². The maximum atomic E-state index is 9.62. The number of hydrogen-bond acceptors (Lipinski definition) is 4. The van der Waals surface area contributed by atoms with Gasteiger partial charge in [0.05, 0.1) is 13.2 Å². The van der Waals surface area contributed by atoms with E-state index in [4.69, 9.17) is 4.74 Å². The number of aliphatic hydroxyl groups excluding tert-OH is 1. The van der Waals surface area contributed by atoms with Crippen LogP contribution in [0.4, 0.5) is 0 Å². The quantitative estimate of drug-likeness (QED) is 0.606. The Kier molecular flexibility index (Phi) is 6.93. The average Bonchev–Trinajstić information content (AvgIpc) is 3.28. The highest BCUT2D eigenvalue weighted by atomic mass is 16.5. The third-order valence-electron chi connectivity index (χ3n) is 4.94. The normalized spacial score (nSPS) is 26.7. The molecular formula is C17H34N2O2. The van der Waals surface area contributed by atoms with Crippen LogP contribution in [0.25, 0.3) is 0 Å². The summed E-state index contributed by atoms with van der Waals surface area (Å²) in [5, 5.41) is 13.2. The molecule has 0 radical (unpaired) electrons. The first-order valence-corrected chi connectivity index (χ1v) is 8.75. The minimum Gasteiger partial charge on any atom is -0.394 e. The molecule has 2 aliphatic rings. The zero-order valence-electron chi connectivity index (χ0n) is 13.9. The number of nitrogens with one attached hydrogen (secondary N) is 1. The highest BCUT2D eigenvalue weighted by Crippen LogP contribution is 2.25. The van der Waals surface area contributed by atoms with Gasteiger partial charge in [-0.05, 0) is 64.5 Å². The van der Waals surface area contributed by atoms with Crippen LogP contribution in [0.2, 0.25) is 0 Å². The lowest BCUT2D eigenvalue weighted by Gasteiger charge is -2.33. The van der Waals surface area contributed by atoms with E-state index in [2.05, 4.69) is 17.1 Å². The number of unbranched alkanes of at least 4 members (excludes halogenated alkanes) is 1. The van der Waals surface area contributed by atoms with Crippen molar-refractivity contribution in [3.63, 3.8) is 0 Å². The summed E-state index contributed by atoms with van der Waals surface area (Å²) in [4.78, 5) is 2.60. The number of methoxy groups -OCH3 is 1. The summed E-state index contributed by atoms with van der Waals surface area (Å²) in [6.45, 7) is 6.97. The average molecular weight is 298 g/mol. The van der Waals surface area contributed by atoms with Gasteiger partial charge in [0.2, 0.25) is 0 Å². The maximum Gasteiger partial charge on any atom is 0.0610 e. The molecule has 2 atom stereocenters. The van der Waals surface area contributed by atoms with Crippen molar-refractivity contribution >= 4 is 0 Å². The van der Waals surface area contributed by atoms with Gasteiger partial charge in [-0.2, -0.15) is 0 Å². The molecule has 2 rings (SSSR count). The zero-order valence-corrected chi connectivity index (χ0v) is 13.9. The second-order valence-electron chi connectivity index (χ2n) is 7.36. The number of nitrogens with zero attached hydrogens (tertiary/aromatic N) is 1. The van der Waals surface area contributed by atoms with Gasteiger partial charge in [0.15, 0.2) is 0 Å². The molecule has 2 N–H and O–H groups in total. The fourth-order valence-corrected chi connectivity index (χ4v) is 3.49. The molecule has 1 heterocycles. The van der Waals surface area contributed by atoms with Crippen molar-refractivity contribution in [2.75, 3.05) is 40.0 Å². The summed E-state index contributed by atoms with van der Waals surface area (Å²) in [7, 11) is 1.81. The lowest BCUT2D eigenvalue weighted by molar-refractivity contribution is 0.0888. The zero-order chi connectivity index (χ0) is 15.1. The van der Waals surface area contributed by atoms with Gasteiger partial charge in [0.25, 0.3) is 0 Å². The number of piperidine rings is 1. The Labute approximate surface area is 130 Å². The molecule has 0 spiro atoms. The van der Waals surface area contributed by atoms with Gasteiger partial charge in [-0.15, -0.1) is 0 Å². The van der Waals surface area contributed by atoms with Crippen LogP contribution in [-0.4, -0.2) is 61.5 Å². The predicted molar refractivity (Wildman–Crippen MR) is 86.5 cm³/mol. The highest BCUT2D eigenvalue weighted by Gasteiger charge is 2.31. The van der Waals surface area contributed by atoms with Crippen LogP contribution in [0.5, 0.6) is 0 Å². The molecule has 21 heavy (non-hydrogen) atoms. The summed E-state index contributed by atoms with van der Waals surface area (Å²) in [6, 6.07) is 0.666. The van der Waals surface area contributed by atoms with E-state index in [0.29, 0.717) is 6.04 Å². The molecule has 124 valence electrons. The van der Waals surface area contributed by atoms with E-state index in [9.17, 15) is 5.11 Å². The minimum absolute atomic E-state index is 0.0678. The van der Waals surface area contributed by atoms with Crippen LogP contribution in [0.1, 0.15) is 51.9 Å². The number of rotatable bonds is 10. The second kappa shape index (κ2) is 8.47. The van der Waals surface area contributed by atoms with E-state index in [0.717, 1.165) is 18.9 Å². The van der Waals surface area contributed by atoms with E-state index in [1.54, 1.807) is 0 Å². The molecule has 0 amide bonds. The van der Waals surface area contributed by atoms with Crippen molar-refractivity contribution in [3.8, 4) is 0 Å². The smallest absolute Gasteiger partial charge is 0.0610 e. The van der Waals surface area contributed by atoms with Gasteiger partial charge in [-0.3, -0.25) is 0 Å². The molecular weight excluding hydrogens is 264 g/mol. The highest BCUT2D eigenvalue weighted by molar-refractivity contribution is 4.92. The molecule has 1 aliphatic carbocycles. The first kappa shape index (κ1) is 17.2. The van der Waals surface area contributed by atoms with Crippen molar-refractivity contribution < 1.29 is 9.84 Å². The fraction of sp³-hybridized carbons (Fsp3) is 1.00. The first-order valence-electron chi connectivity index (χ1n) is 8.75. The van der Waals surface area contributed by atoms with Gasteiger partial charge in [-0.25, -0.2) is 0 Å². The van der Waals surface area contributed by atoms with Gasteiger partial charge in [0, 0.05) is 25.2 Å².